The average molecular weight is 341 g/mol. The summed E-state index contributed by atoms with van der Waals surface area (Å²) in [7, 11) is 0. The minimum absolute atomic E-state index is 0.207. The van der Waals surface area contributed by atoms with E-state index in [0.29, 0.717) is 22.3 Å². The largest absolute Gasteiger partial charge is 0.398 e. The molecule has 0 bridgehead atoms. The summed E-state index contributed by atoms with van der Waals surface area (Å²) in [6.07, 6.45) is 5.88. The first-order valence-electron chi connectivity index (χ1n) is 7.06. The Morgan fingerprint density at radius 3 is 2.60 bits per heavy atom. The Hall–Kier alpha value is -1.07. The van der Waals surface area contributed by atoms with E-state index in [-0.39, 0.29) is 5.91 Å². The van der Waals surface area contributed by atoms with Gasteiger partial charge in [-0.1, -0.05) is 31.7 Å². The zero-order valence-corrected chi connectivity index (χ0v) is 13.1. The van der Waals surface area contributed by atoms with Crippen molar-refractivity contribution in [1.29, 1.82) is 0 Å². The Kier molecular flexibility index (Phi) is 5.05. The molecule has 1 amide bonds. The first kappa shape index (κ1) is 15.3. The third-order valence-electron chi connectivity index (χ3n) is 3.89. The third kappa shape index (κ3) is 3.73. The van der Waals surface area contributed by atoms with Gasteiger partial charge in [-0.2, -0.15) is 0 Å². The molecule has 1 saturated carbocycles. The summed E-state index contributed by atoms with van der Waals surface area (Å²) in [5.74, 6) is -0.207. The Labute approximate surface area is 127 Å². The molecule has 1 aromatic carbocycles. The summed E-state index contributed by atoms with van der Waals surface area (Å²) in [5, 5.41) is 13.4. The van der Waals surface area contributed by atoms with Crippen LogP contribution in [0.5, 0.6) is 0 Å². The summed E-state index contributed by atoms with van der Waals surface area (Å²) in [6, 6.07) is 5.20. The molecule has 0 aliphatic heterocycles. The molecule has 5 heteroatoms. The van der Waals surface area contributed by atoms with Crippen LogP contribution in [0.4, 0.5) is 5.69 Å². The number of hydrogen-bond donors (Lipinski definition) is 3. The van der Waals surface area contributed by atoms with Crippen LogP contribution in [0.15, 0.2) is 22.7 Å². The lowest BCUT2D eigenvalue weighted by Gasteiger charge is -2.26. The number of amides is 1. The summed E-state index contributed by atoms with van der Waals surface area (Å²) in [5.41, 5.74) is 6.04. The molecule has 0 unspecified atom stereocenters. The maximum atomic E-state index is 12.2. The third-order valence-corrected chi connectivity index (χ3v) is 4.77. The zero-order valence-electron chi connectivity index (χ0n) is 11.5. The van der Waals surface area contributed by atoms with E-state index in [1.165, 1.54) is 0 Å². The average Bonchev–Trinajstić information content (AvgIpc) is 2.65. The maximum Gasteiger partial charge on any atom is 0.252 e. The van der Waals surface area contributed by atoms with Gasteiger partial charge in [0.2, 0.25) is 0 Å². The van der Waals surface area contributed by atoms with Crippen LogP contribution < -0.4 is 11.1 Å². The summed E-state index contributed by atoms with van der Waals surface area (Å²) >= 11 is 3.32. The van der Waals surface area contributed by atoms with E-state index in [0.717, 1.165) is 38.5 Å². The maximum absolute atomic E-state index is 12.2. The second kappa shape index (κ2) is 6.59. The van der Waals surface area contributed by atoms with Crippen LogP contribution in [-0.2, 0) is 0 Å². The van der Waals surface area contributed by atoms with E-state index in [4.69, 9.17) is 5.73 Å². The Bertz CT molecular complexity index is 483. The van der Waals surface area contributed by atoms with Gasteiger partial charge in [-0.15, -0.1) is 0 Å². The number of hydrogen-bond acceptors (Lipinski definition) is 3. The molecular formula is C15H21BrN2O2. The van der Waals surface area contributed by atoms with Gasteiger partial charge < -0.3 is 16.2 Å². The van der Waals surface area contributed by atoms with Crippen molar-refractivity contribution in [3.8, 4) is 0 Å². The monoisotopic (exact) mass is 340 g/mol. The molecule has 0 radical (unpaired) electrons. The molecule has 0 heterocycles. The number of carbonyl (C=O) groups is 1. The molecule has 0 saturated heterocycles. The number of benzene rings is 1. The SMILES string of the molecule is Nc1cccc(C(=O)NCC2(O)CCCCCC2)c1Br. The fraction of sp³-hybridized carbons (Fsp3) is 0.533. The van der Waals surface area contributed by atoms with Gasteiger partial charge >= 0.3 is 0 Å². The number of carbonyl (C=O) groups excluding carboxylic acids is 1. The number of aliphatic hydroxyl groups is 1. The first-order valence-corrected chi connectivity index (χ1v) is 7.86. The summed E-state index contributed by atoms with van der Waals surface area (Å²) in [4.78, 5) is 12.2. The number of halogens is 1. The van der Waals surface area contributed by atoms with Gasteiger partial charge in [0.15, 0.2) is 0 Å². The molecule has 1 aliphatic carbocycles. The van der Waals surface area contributed by atoms with E-state index in [1.54, 1.807) is 18.2 Å². The molecule has 0 aromatic heterocycles. The van der Waals surface area contributed by atoms with E-state index < -0.39 is 5.60 Å². The normalized spacial score (nSPS) is 18.3. The van der Waals surface area contributed by atoms with Crippen molar-refractivity contribution in [3.05, 3.63) is 28.2 Å². The van der Waals surface area contributed by atoms with Crippen LogP contribution in [0.1, 0.15) is 48.9 Å². The van der Waals surface area contributed by atoms with E-state index >= 15 is 0 Å². The van der Waals surface area contributed by atoms with Crippen molar-refractivity contribution in [2.24, 2.45) is 0 Å². The van der Waals surface area contributed by atoms with Gasteiger partial charge in [0, 0.05) is 12.2 Å². The van der Waals surface area contributed by atoms with Crippen LogP contribution in [0.25, 0.3) is 0 Å². The summed E-state index contributed by atoms with van der Waals surface area (Å²) < 4.78 is 0.602. The number of anilines is 1. The second-order valence-electron chi connectivity index (χ2n) is 5.53. The van der Waals surface area contributed by atoms with E-state index in [2.05, 4.69) is 21.2 Å². The zero-order chi connectivity index (χ0) is 14.6. The smallest absolute Gasteiger partial charge is 0.252 e. The summed E-state index contributed by atoms with van der Waals surface area (Å²) in [6.45, 7) is 0.299. The van der Waals surface area contributed by atoms with Gasteiger partial charge in [-0.25, -0.2) is 0 Å². The predicted molar refractivity (Wildman–Crippen MR) is 83.5 cm³/mol. The predicted octanol–water partition coefficient (Wildman–Crippen LogP) is 2.85. The molecule has 1 aliphatic rings. The van der Waals surface area contributed by atoms with Gasteiger partial charge in [-0.05, 0) is 40.9 Å². The number of nitrogens with two attached hydrogens (primary N) is 1. The molecule has 20 heavy (non-hydrogen) atoms. The highest BCUT2D eigenvalue weighted by Gasteiger charge is 2.28. The van der Waals surface area contributed by atoms with Gasteiger partial charge in [0.25, 0.3) is 5.91 Å². The molecule has 110 valence electrons. The molecule has 0 atom stereocenters. The van der Waals surface area contributed by atoms with Gasteiger partial charge in [-0.3, -0.25) is 4.79 Å². The lowest BCUT2D eigenvalue weighted by molar-refractivity contribution is 0.0246. The van der Waals surface area contributed by atoms with Crippen molar-refractivity contribution >= 4 is 27.5 Å². The van der Waals surface area contributed by atoms with Crippen molar-refractivity contribution in [2.75, 3.05) is 12.3 Å². The van der Waals surface area contributed by atoms with Gasteiger partial charge in [0.1, 0.15) is 0 Å². The molecule has 0 spiro atoms. The standard InChI is InChI=1S/C15H21BrN2O2/c16-13-11(6-5-7-12(13)17)14(19)18-10-15(20)8-3-1-2-4-9-15/h5-7,20H,1-4,8-10,17H2,(H,18,19). The minimum atomic E-state index is -0.765. The van der Waals surface area contributed by atoms with Crippen LogP contribution in [-0.4, -0.2) is 23.2 Å². The second-order valence-corrected chi connectivity index (χ2v) is 6.32. The Morgan fingerprint density at radius 1 is 1.30 bits per heavy atom. The highest BCUT2D eigenvalue weighted by Crippen LogP contribution is 2.27. The molecule has 1 fully saturated rings. The van der Waals surface area contributed by atoms with Crippen LogP contribution in [0, 0.1) is 0 Å². The van der Waals surface area contributed by atoms with E-state index in [1.807, 2.05) is 0 Å². The van der Waals surface area contributed by atoms with Crippen LogP contribution in [0.3, 0.4) is 0 Å². The van der Waals surface area contributed by atoms with Crippen molar-refractivity contribution in [3.63, 3.8) is 0 Å². The minimum Gasteiger partial charge on any atom is -0.398 e. The first-order chi connectivity index (χ1) is 9.52. The molecule has 2 rings (SSSR count). The Morgan fingerprint density at radius 2 is 1.95 bits per heavy atom. The highest BCUT2D eigenvalue weighted by atomic mass is 79.9. The van der Waals surface area contributed by atoms with Crippen molar-refractivity contribution in [1.82, 2.24) is 5.32 Å². The van der Waals surface area contributed by atoms with Gasteiger partial charge in [0.05, 0.1) is 15.6 Å². The van der Waals surface area contributed by atoms with Crippen molar-refractivity contribution < 1.29 is 9.90 Å². The van der Waals surface area contributed by atoms with E-state index in [9.17, 15) is 9.90 Å². The van der Waals surface area contributed by atoms with Crippen LogP contribution >= 0.6 is 15.9 Å². The fourth-order valence-corrected chi connectivity index (χ4v) is 3.07. The number of nitrogens with one attached hydrogen (secondary N) is 1. The topological polar surface area (TPSA) is 75.4 Å². The molecule has 4 nitrogen and oxygen atoms in total. The molecular weight excluding hydrogens is 320 g/mol. The quantitative estimate of drug-likeness (QED) is 0.585. The lowest BCUT2D eigenvalue weighted by atomic mass is 9.94. The fourth-order valence-electron chi connectivity index (χ4n) is 2.63. The highest BCUT2D eigenvalue weighted by molar-refractivity contribution is 9.10. The molecule has 4 N–H and O–H groups in total. The van der Waals surface area contributed by atoms with Crippen LogP contribution in [0.2, 0.25) is 0 Å². The lowest BCUT2D eigenvalue weighted by Crippen LogP contribution is -2.42. The van der Waals surface area contributed by atoms with Crippen molar-refractivity contribution in [2.45, 2.75) is 44.1 Å². The Balaban J connectivity index is 1.99. The molecule has 1 aromatic rings. The number of rotatable bonds is 3. The number of nitrogen functional groups attached to an aromatic ring is 1.